The first-order valence-corrected chi connectivity index (χ1v) is 11.8. The van der Waals surface area contributed by atoms with Gasteiger partial charge in [-0.05, 0) is 54.8 Å². The second kappa shape index (κ2) is 9.85. The molecule has 0 aliphatic carbocycles. The van der Waals surface area contributed by atoms with Gasteiger partial charge in [-0.3, -0.25) is 4.79 Å². The van der Waals surface area contributed by atoms with Gasteiger partial charge in [0, 0.05) is 13.2 Å². The Morgan fingerprint density at radius 3 is 2.23 bits per heavy atom. The van der Waals surface area contributed by atoms with Crippen LogP contribution in [-0.4, -0.2) is 20.3 Å². The Balaban J connectivity index is 1.53. The fourth-order valence-electron chi connectivity index (χ4n) is 4.30. The molecule has 0 fully saturated rings. The Morgan fingerprint density at radius 2 is 1.57 bits per heavy atom. The number of carbonyl (C=O) groups is 1. The normalized spacial score (nSPS) is 11.8. The highest BCUT2D eigenvalue weighted by Gasteiger charge is 2.22. The molecule has 3 aromatic carbocycles. The number of nitrogens with zero attached hydrogens (tertiary/aromatic N) is 3. The summed E-state index contributed by atoms with van der Waals surface area (Å²) in [6.45, 7) is 2.05. The number of hydrogen-bond donors (Lipinski definition) is 1. The lowest BCUT2D eigenvalue weighted by Gasteiger charge is -2.20. The summed E-state index contributed by atoms with van der Waals surface area (Å²) in [6, 6.07) is 34.1. The molecule has 0 aliphatic heterocycles. The third-order valence-electron chi connectivity index (χ3n) is 6.22. The maximum atomic E-state index is 13.8. The monoisotopic (exact) mass is 460 g/mol. The lowest BCUT2D eigenvalue weighted by atomic mass is 9.98. The molecule has 0 saturated carbocycles. The minimum Gasteiger partial charge on any atom is -0.349 e. The smallest absolute Gasteiger partial charge is 0.270 e. The predicted molar refractivity (Wildman–Crippen MR) is 140 cm³/mol. The van der Waals surface area contributed by atoms with Crippen LogP contribution in [0.5, 0.6) is 0 Å². The van der Waals surface area contributed by atoms with E-state index in [0.29, 0.717) is 12.1 Å². The van der Waals surface area contributed by atoms with Crippen molar-refractivity contribution in [1.29, 1.82) is 0 Å². The van der Waals surface area contributed by atoms with E-state index < -0.39 is 0 Å². The van der Waals surface area contributed by atoms with E-state index in [4.69, 9.17) is 5.10 Å². The van der Waals surface area contributed by atoms with Crippen LogP contribution in [0.1, 0.15) is 33.2 Å². The fourth-order valence-corrected chi connectivity index (χ4v) is 4.30. The highest BCUT2D eigenvalue weighted by molar-refractivity contribution is 5.94. The largest absolute Gasteiger partial charge is 0.349 e. The van der Waals surface area contributed by atoms with Crippen LogP contribution < -0.4 is 5.32 Å². The first-order valence-electron chi connectivity index (χ1n) is 11.8. The van der Waals surface area contributed by atoms with Crippen molar-refractivity contribution in [2.75, 3.05) is 0 Å². The lowest BCUT2D eigenvalue weighted by molar-refractivity contribution is 0.0928. The zero-order valence-electron chi connectivity index (χ0n) is 19.9. The van der Waals surface area contributed by atoms with Crippen LogP contribution in [0.25, 0.3) is 17.1 Å². The third-order valence-corrected chi connectivity index (χ3v) is 6.22. The summed E-state index contributed by atoms with van der Waals surface area (Å²) in [7, 11) is 1.98. The Morgan fingerprint density at radius 1 is 0.886 bits per heavy atom. The first-order chi connectivity index (χ1) is 17.1. The Kier molecular flexibility index (Phi) is 6.31. The number of aromatic nitrogens is 3. The van der Waals surface area contributed by atoms with Crippen LogP contribution >= 0.6 is 0 Å². The summed E-state index contributed by atoms with van der Waals surface area (Å²) in [5.74, 6) is -0.164. The van der Waals surface area contributed by atoms with Crippen molar-refractivity contribution in [3.8, 4) is 17.1 Å². The molecule has 1 amide bonds. The molecule has 2 aromatic heterocycles. The molecule has 0 radical (unpaired) electrons. The molecule has 5 rings (SSSR count). The molecule has 5 aromatic rings. The SMILES string of the molecule is Cc1ccc(-n2nc(-c3cccn3C)cc2C(=O)NC(Cc2ccccc2)c2ccccc2)cc1. The van der Waals surface area contributed by atoms with Gasteiger partial charge in [0.15, 0.2) is 0 Å². The lowest BCUT2D eigenvalue weighted by Crippen LogP contribution is -2.31. The van der Waals surface area contributed by atoms with Crippen molar-refractivity contribution in [2.24, 2.45) is 7.05 Å². The van der Waals surface area contributed by atoms with E-state index in [9.17, 15) is 4.79 Å². The summed E-state index contributed by atoms with van der Waals surface area (Å²) in [5.41, 5.74) is 6.43. The van der Waals surface area contributed by atoms with Gasteiger partial charge in [0.2, 0.25) is 0 Å². The van der Waals surface area contributed by atoms with Crippen LogP contribution in [0.4, 0.5) is 0 Å². The van der Waals surface area contributed by atoms with Crippen LogP contribution in [0.2, 0.25) is 0 Å². The molecular weight excluding hydrogens is 432 g/mol. The van der Waals surface area contributed by atoms with Crippen molar-refractivity contribution in [2.45, 2.75) is 19.4 Å². The van der Waals surface area contributed by atoms with E-state index >= 15 is 0 Å². The Labute approximate surface area is 205 Å². The van der Waals surface area contributed by atoms with Crippen LogP contribution in [-0.2, 0) is 13.5 Å². The van der Waals surface area contributed by atoms with Crippen LogP contribution in [0.15, 0.2) is 109 Å². The molecule has 1 unspecified atom stereocenters. The molecule has 0 saturated heterocycles. The van der Waals surface area contributed by atoms with Crippen molar-refractivity contribution >= 4 is 5.91 Å². The van der Waals surface area contributed by atoms with Crippen molar-refractivity contribution in [3.05, 3.63) is 132 Å². The Bertz CT molecular complexity index is 1420. The predicted octanol–water partition coefficient (Wildman–Crippen LogP) is 5.90. The van der Waals surface area contributed by atoms with E-state index in [2.05, 4.69) is 29.6 Å². The summed E-state index contributed by atoms with van der Waals surface area (Å²) in [5, 5.41) is 8.12. The standard InChI is InChI=1S/C30H28N4O/c1-22-15-17-25(18-16-22)34-29(21-27(32-34)28-14-9-19-33(28)2)30(35)31-26(24-12-7-4-8-13-24)20-23-10-5-3-6-11-23/h3-19,21,26H,20H2,1-2H3,(H,31,35). The molecule has 0 spiro atoms. The van der Waals surface area contributed by atoms with E-state index in [1.165, 1.54) is 0 Å². The number of benzene rings is 3. The topological polar surface area (TPSA) is 51.9 Å². The summed E-state index contributed by atoms with van der Waals surface area (Å²) < 4.78 is 3.74. The minimum absolute atomic E-state index is 0.164. The van der Waals surface area contributed by atoms with Gasteiger partial charge in [-0.2, -0.15) is 5.10 Å². The Hall–Kier alpha value is -4.38. The van der Waals surface area contributed by atoms with Gasteiger partial charge >= 0.3 is 0 Å². The third kappa shape index (κ3) is 4.94. The molecule has 5 heteroatoms. The molecule has 0 bridgehead atoms. The zero-order valence-corrected chi connectivity index (χ0v) is 19.9. The number of aryl methyl sites for hydroxylation is 2. The molecule has 1 N–H and O–H groups in total. The summed E-state index contributed by atoms with van der Waals surface area (Å²) in [6.07, 6.45) is 2.67. The van der Waals surface area contributed by atoms with E-state index in [-0.39, 0.29) is 11.9 Å². The van der Waals surface area contributed by atoms with Crippen molar-refractivity contribution < 1.29 is 4.79 Å². The van der Waals surface area contributed by atoms with Gasteiger partial charge in [-0.25, -0.2) is 4.68 Å². The second-order valence-electron chi connectivity index (χ2n) is 8.79. The maximum Gasteiger partial charge on any atom is 0.270 e. The van der Waals surface area contributed by atoms with Crippen molar-refractivity contribution in [3.63, 3.8) is 0 Å². The van der Waals surface area contributed by atoms with Gasteiger partial charge in [-0.1, -0.05) is 78.4 Å². The van der Waals surface area contributed by atoms with Gasteiger partial charge in [0.05, 0.1) is 17.4 Å². The first kappa shape index (κ1) is 22.4. The van der Waals surface area contributed by atoms with Gasteiger partial charge < -0.3 is 9.88 Å². The number of carbonyl (C=O) groups excluding carboxylic acids is 1. The average molecular weight is 461 g/mol. The number of hydrogen-bond acceptors (Lipinski definition) is 2. The number of amides is 1. The minimum atomic E-state index is -0.175. The second-order valence-corrected chi connectivity index (χ2v) is 8.79. The van der Waals surface area contributed by atoms with Gasteiger partial charge in [0.1, 0.15) is 11.4 Å². The molecule has 0 aliphatic rings. The van der Waals surface area contributed by atoms with Crippen molar-refractivity contribution in [1.82, 2.24) is 19.7 Å². The highest BCUT2D eigenvalue weighted by atomic mass is 16.2. The molecule has 174 valence electrons. The fraction of sp³-hybridized carbons (Fsp3) is 0.133. The van der Waals surface area contributed by atoms with E-state index in [1.54, 1.807) is 4.68 Å². The van der Waals surface area contributed by atoms with Gasteiger partial charge in [-0.15, -0.1) is 0 Å². The molecular formula is C30H28N4O. The highest BCUT2D eigenvalue weighted by Crippen LogP contribution is 2.24. The molecule has 35 heavy (non-hydrogen) atoms. The van der Waals surface area contributed by atoms with Crippen LogP contribution in [0, 0.1) is 6.92 Å². The van der Waals surface area contributed by atoms with E-state index in [1.807, 2.05) is 104 Å². The summed E-state index contributed by atoms with van der Waals surface area (Å²) in [4.78, 5) is 13.8. The summed E-state index contributed by atoms with van der Waals surface area (Å²) >= 11 is 0. The van der Waals surface area contributed by atoms with E-state index in [0.717, 1.165) is 33.8 Å². The molecule has 2 heterocycles. The number of nitrogens with one attached hydrogen (secondary N) is 1. The van der Waals surface area contributed by atoms with Crippen LogP contribution in [0.3, 0.4) is 0 Å². The molecule has 5 nitrogen and oxygen atoms in total. The zero-order chi connectivity index (χ0) is 24.2. The average Bonchev–Trinajstić information content (AvgIpc) is 3.51. The maximum absolute atomic E-state index is 13.8. The van der Waals surface area contributed by atoms with Gasteiger partial charge in [0.25, 0.3) is 5.91 Å². The molecule has 1 atom stereocenters. The number of rotatable bonds is 7. The quantitative estimate of drug-likeness (QED) is 0.329.